The molecule has 154 valence electrons. The number of hydrogen-bond donors (Lipinski definition) is 2. The Labute approximate surface area is 183 Å². The van der Waals surface area contributed by atoms with E-state index >= 15 is 0 Å². The Morgan fingerprint density at radius 2 is 1.89 bits per heavy atom. The highest BCUT2D eigenvalue weighted by atomic mass is 127. The highest BCUT2D eigenvalue weighted by Gasteiger charge is 2.06. The number of benzene rings is 2. The minimum absolute atomic E-state index is 0. The summed E-state index contributed by atoms with van der Waals surface area (Å²) < 4.78 is 24.3. The fourth-order valence-electron chi connectivity index (χ4n) is 2.58. The minimum atomic E-state index is -0.213. The van der Waals surface area contributed by atoms with Gasteiger partial charge in [0.15, 0.2) is 17.5 Å². The van der Waals surface area contributed by atoms with E-state index in [9.17, 15) is 4.39 Å². The topological polar surface area (TPSA) is 54.9 Å². The van der Waals surface area contributed by atoms with E-state index in [-0.39, 0.29) is 29.8 Å². The molecule has 0 fully saturated rings. The zero-order valence-corrected chi connectivity index (χ0v) is 19.0. The molecule has 7 heteroatoms. The number of rotatable bonds is 9. The van der Waals surface area contributed by atoms with E-state index in [4.69, 9.17) is 9.47 Å². The predicted molar refractivity (Wildman–Crippen MR) is 123 cm³/mol. The molecule has 0 bridgehead atoms. The first kappa shape index (κ1) is 24.0. The molecule has 2 aromatic rings. The van der Waals surface area contributed by atoms with Gasteiger partial charge in [0.2, 0.25) is 0 Å². The number of hydrogen-bond acceptors (Lipinski definition) is 3. The molecule has 0 spiro atoms. The summed E-state index contributed by atoms with van der Waals surface area (Å²) in [4.78, 5) is 4.22. The second-order valence-electron chi connectivity index (χ2n) is 6.07. The van der Waals surface area contributed by atoms with Gasteiger partial charge in [-0.25, -0.2) is 4.39 Å². The third-order valence-corrected chi connectivity index (χ3v) is 3.97. The van der Waals surface area contributed by atoms with Crippen LogP contribution in [0.5, 0.6) is 11.5 Å². The van der Waals surface area contributed by atoms with Crippen molar-refractivity contribution in [2.45, 2.75) is 26.3 Å². The summed E-state index contributed by atoms with van der Waals surface area (Å²) in [5, 5.41) is 6.50. The number of nitrogens with zero attached hydrogens (tertiary/aromatic N) is 1. The average molecular weight is 501 g/mol. The van der Waals surface area contributed by atoms with Crippen LogP contribution in [-0.4, -0.2) is 33.3 Å². The second kappa shape index (κ2) is 13.2. The lowest BCUT2D eigenvalue weighted by Gasteiger charge is -2.14. The maximum atomic E-state index is 13.2. The molecule has 2 N–H and O–H groups in total. The summed E-state index contributed by atoms with van der Waals surface area (Å²) in [6, 6.07) is 12.5. The zero-order chi connectivity index (χ0) is 19.5. The lowest BCUT2D eigenvalue weighted by atomic mass is 10.1. The summed E-state index contributed by atoms with van der Waals surface area (Å²) >= 11 is 0. The van der Waals surface area contributed by atoms with Crippen LogP contribution in [0.15, 0.2) is 47.5 Å². The first-order valence-corrected chi connectivity index (χ1v) is 9.15. The van der Waals surface area contributed by atoms with Gasteiger partial charge in [-0.1, -0.05) is 25.1 Å². The van der Waals surface area contributed by atoms with E-state index in [1.165, 1.54) is 6.07 Å². The Hall–Kier alpha value is -2.03. The van der Waals surface area contributed by atoms with Crippen LogP contribution in [0, 0.1) is 5.82 Å². The van der Waals surface area contributed by atoms with E-state index in [1.807, 2.05) is 24.3 Å². The van der Waals surface area contributed by atoms with Crippen LogP contribution in [0.1, 0.15) is 24.5 Å². The van der Waals surface area contributed by atoms with Crippen molar-refractivity contribution in [2.24, 2.45) is 4.99 Å². The number of methoxy groups -OCH3 is 1. The molecule has 0 aliphatic heterocycles. The summed E-state index contributed by atoms with van der Waals surface area (Å²) in [6.07, 6.45) is 1.67. The molecule has 0 amide bonds. The van der Waals surface area contributed by atoms with Crippen LogP contribution in [0.2, 0.25) is 0 Å². The Bertz CT molecular complexity index is 756. The molecular formula is C21H29FIN3O2. The zero-order valence-electron chi connectivity index (χ0n) is 16.6. The molecule has 0 saturated heterocycles. The molecule has 0 heterocycles. The van der Waals surface area contributed by atoms with Gasteiger partial charge in [0.1, 0.15) is 5.82 Å². The van der Waals surface area contributed by atoms with Gasteiger partial charge < -0.3 is 20.1 Å². The predicted octanol–water partition coefficient (Wildman–Crippen LogP) is 4.15. The second-order valence-corrected chi connectivity index (χ2v) is 6.07. The number of aliphatic imine (C=N–C) groups is 1. The Morgan fingerprint density at radius 1 is 1.07 bits per heavy atom. The molecular weight excluding hydrogens is 472 g/mol. The van der Waals surface area contributed by atoms with Crippen molar-refractivity contribution < 1.29 is 13.9 Å². The third-order valence-electron chi connectivity index (χ3n) is 3.97. The van der Waals surface area contributed by atoms with Gasteiger partial charge in [0.25, 0.3) is 0 Å². The van der Waals surface area contributed by atoms with Crippen molar-refractivity contribution in [1.29, 1.82) is 0 Å². The number of nitrogens with one attached hydrogen (secondary N) is 2. The van der Waals surface area contributed by atoms with Gasteiger partial charge in [-0.3, -0.25) is 4.99 Å². The first-order chi connectivity index (χ1) is 13.2. The highest BCUT2D eigenvalue weighted by Crippen LogP contribution is 2.28. The van der Waals surface area contributed by atoms with E-state index in [1.54, 1.807) is 26.3 Å². The van der Waals surface area contributed by atoms with Crippen LogP contribution in [-0.2, 0) is 13.0 Å². The van der Waals surface area contributed by atoms with E-state index in [0.717, 1.165) is 35.5 Å². The Balaban J connectivity index is 0.00000392. The quantitative estimate of drug-likeness (QED) is 0.308. The van der Waals surface area contributed by atoms with Gasteiger partial charge >= 0.3 is 0 Å². The summed E-state index contributed by atoms with van der Waals surface area (Å²) in [5.41, 5.74) is 2.01. The molecule has 28 heavy (non-hydrogen) atoms. The van der Waals surface area contributed by atoms with Crippen molar-refractivity contribution in [2.75, 3.05) is 27.3 Å². The number of guanidine groups is 1. The standard InChI is InChI=1S/C21H28FN3O2.HI/c1-4-12-27-19-9-8-17(14-20(19)26-3)15-25-21(23-2)24-11-10-16-6-5-7-18(22)13-16;/h5-9,13-14H,4,10-12,15H2,1-3H3,(H2,23,24,25);1H. The van der Waals surface area contributed by atoms with Crippen LogP contribution >= 0.6 is 24.0 Å². The maximum absolute atomic E-state index is 13.2. The van der Waals surface area contributed by atoms with Gasteiger partial charge in [-0.15, -0.1) is 24.0 Å². The lowest BCUT2D eigenvalue weighted by Crippen LogP contribution is -2.37. The summed E-state index contributed by atoms with van der Waals surface area (Å²) in [5.74, 6) is 1.95. The fraction of sp³-hybridized carbons (Fsp3) is 0.381. The Morgan fingerprint density at radius 3 is 2.57 bits per heavy atom. The molecule has 0 aliphatic rings. The minimum Gasteiger partial charge on any atom is -0.493 e. The highest BCUT2D eigenvalue weighted by molar-refractivity contribution is 14.0. The van der Waals surface area contributed by atoms with Gasteiger partial charge in [0.05, 0.1) is 13.7 Å². The van der Waals surface area contributed by atoms with Crippen LogP contribution in [0.25, 0.3) is 0 Å². The van der Waals surface area contributed by atoms with E-state index < -0.39 is 0 Å². The van der Waals surface area contributed by atoms with Crippen molar-refractivity contribution in [3.8, 4) is 11.5 Å². The molecule has 0 aromatic heterocycles. The molecule has 0 aliphatic carbocycles. The summed E-state index contributed by atoms with van der Waals surface area (Å²) in [7, 11) is 3.36. The van der Waals surface area contributed by atoms with Crippen molar-refractivity contribution in [1.82, 2.24) is 10.6 Å². The van der Waals surface area contributed by atoms with Crippen LogP contribution in [0.4, 0.5) is 4.39 Å². The third kappa shape index (κ3) is 7.92. The lowest BCUT2D eigenvalue weighted by molar-refractivity contribution is 0.294. The largest absolute Gasteiger partial charge is 0.493 e. The van der Waals surface area contributed by atoms with E-state index in [2.05, 4.69) is 22.5 Å². The number of halogens is 2. The van der Waals surface area contributed by atoms with Gasteiger partial charge in [-0.05, 0) is 48.2 Å². The average Bonchev–Trinajstić information content (AvgIpc) is 2.69. The molecule has 2 aromatic carbocycles. The summed E-state index contributed by atoms with van der Waals surface area (Å²) in [6.45, 7) is 3.99. The van der Waals surface area contributed by atoms with E-state index in [0.29, 0.717) is 25.7 Å². The van der Waals surface area contributed by atoms with Crippen molar-refractivity contribution in [3.05, 3.63) is 59.4 Å². The molecule has 0 radical (unpaired) electrons. The van der Waals surface area contributed by atoms with Crippen molar-refractivity contribution in [3.63, 3.8) is 0 Å². The maximum Gasteiger partial charge on any atom is 0.191 e. The van der Waals surface area contributed by atoms with Crippen LogP contribution < -0.4 is 20.1 Å². The molecule has 0 atom stereocenters. The Kier molecular flexibility index (Phi) is 11.3. The first-order valence-electron chi connectivity index (χ1n) is 9.15. The van der Waals surface area contributed by atoms with Gasteiger partial charge in [-0.2, -0.15) is 0 Å². The normalized spacial score (nSPS) is 10.8. The SMILES string of the molecule is CCCOc1ccc(CNC(=NC)NCCc2cccc(F)c2)cc1OC.I. The monoisotopic (exact) mass is 501 g/mol. The molecule has 0 unspecified atom stereocenters. The molecule has 2 rings (SSSR count). The van der Waals surface area contributed by atoms with Crippen molar-refractivity contribution >= 4 is 29.9 Å². The molecule has 5 nitrogen and oxygen atoms in total. The number of ether oxygens (including phenoxy) is 2. The smallest absolute Gasteiger partial charge is 0.191 e. The molecule has 0 saturated carbocycles. The fourth-order valence-corrected chi connectivity index (χ4v) is 2.58. The van der Waals surface area contributed by atoms with Crippen LogP contribution in [0.3, 0.4) is 0 Å². The van der Waals surface area contributed by atoms with Gasteiger partial charge in [0, 0.05) is 20.1 Å².